The van der Waals surface area contributed by atoms with Crippen LogP contribution in [0.3, 0.4) is 0 Å². The summed E-state index contributed by atoms with van der Waals surface area (Å²) in [5.41, 5.74) is 1.30. The van der Waals surface area contributed by atoms with Crippen LogP contribution >= 0.6 is 39.1 Å². The van der Waals surface area contributed by atoms with Crippen LogP contribution in [0.15, 0.2) is 27.5 Å². The summed E-state index contributed by atoms with van der Waals surface area (Å²) in [6.07, 6.45) is 1.07. The van der Waals surface area contributed by atoms with Crippen LogP contribution in [0.5, 0.6) is 0 Å². The molecule has 0 radical (unpaired) electrons. The fourth-order valence-electron chi connectivity index (χ4n) is 1.74. The van der Waals surface area contributed by atoms with Crippen molar-refractivity contribution in [2.45, 2.75) is 19.8 Å². The number of nitrogens with zero attached hydrogens (tertiary/aromatic N) is 1. The molecule has 0 spiro atoms. The monoisotopic (exact) mass is 360 g/mol. The predicted octanol–water partition coefficient (Wildman–Crippen LogP) is 3.99. The van der Waals surface area contributed by atoms with E-state index in [1.807, 2.05) is 6.92 Å². The molecule has 3 nitrogen and oxygen atoms in total. The van der Waals surface area contributed by atoms with Crippen molar-refractivity contribution in [2.24, 2.45) is 0 Å². The summed E-state index contributed by atoms with van der Waals surface area (Å²) in [6, 6.07) is 5.31. The first-order valence-electron chi connectivity index (χ1n) is 5.73. The third kappa shape index (κ3) is 3.19. The highest BCUT2D eigenvalue weighted by Gasteiger charge is 2.11. The lowest BCUT2D eigenvalue weighted by molar-refractivity contribution is 0.877. The molecule has 0 aliphatic heterocycles. The van der Waals surface area contributed by atoms with Crippen LogP contribution in [0.4, 0.5) is 0 Å². The molecule has 0 unspecified atom stereocenters. The number of aromatic nitrogens is 2. The summed E-state index contributed by atoms with van der Waals surface area (Å²) >= 11 is 15.5. The van der Waals surface area contributed by atoms with Gasteiger partial charge in [-0.15, -0.1) is 0 Å². The van der Waals surface area contributed by atoms with E-state index in [4.69, 9.17) is 23.2 Å². The number of aromatic amines is 1. The Labute approximate surface area is 129 Å². The Kier molecular flexibility index (Phi) is 4.66. The second-order valence-electron chi connectivity index (χ2n) is 4.00. The van der Waals surface area contributed by atoms with Gasteiger partial charge in [0.2, 0.25) is 0 Å². The molecule has 2 aromatic rings. The Balaban J connectivity index is 2.44. The predicted molar refractivity (Wildman–Crippen MR) is 81.2 cm³/mol. The highest BCUT2D eigenvalue weighted by molar-refractivity contribution is 9.10. The molecule has 0 bridgehead atoms. The average molecular weight is 362 g/mol. The van der Waals surface area contributed by atoms with Crippen molar-refractivity contribution in [2.75, 3.05) is 0 Å². The van der Waals surface area contributed by atoms with E-state index in [2.05, 4.69) is 25.9 Å². The smallest absolute Gasteiger partial charge is 0.265 e. The van der Waals surface area contributed by atoms with E-state index in [-0.39, 0.29) is 5.56 Å². The van der Waals surface area contributed by atoms with Crippen molar-refractivity contribution >= 4 is 39.1 Å². The highest BCUT2D eigenvalue weighted by atomic mass is 79.9. The van der Waals surface area contributed by atoms with E-state index in [0.717, 1.165) is 11.3 Å². The molecule has 1 aromatic heterocycles. The molecule has 1 N–H and O–H groups in total. The lowest BCUT2D eigenvalue weighted by Crippen LogP contribution is -2.15. The normalized spacial score (nSPS) is 10.7. The number of nitrogens with one attached hydrogen (secondary N) is 1. The Hall–Kier alpha value is -0.840. The van der Waals surface area contributed by atoms with Crippen LogP contribution < -0.4 is 5.56 Å². The van der Waals surface area contributed by atoms with Gasteiger partial charge in [0.1, 0.15) is 10.3 Å². The molecule has 1 heterocycles. The Bertz CT molecular complexity index is 650. The zero-order valence-corrected chi connectivity index (χ0v) is 13.2. The number of hydrogen-bond acceptors (Lipinski definition) is 2. The van der Waals surface area contributed by atoms with Crippen LogP contribution in [0.2, 0.25) is 10.0 Å². The van der Waals surface area contributed by atoms with Gasteiger partial charge in [0, 0.05) is 16.5 Å². The van der Waals surface area contributed by atoms with Gasteiger partial charge in [-0.1, -0.05) is 36.2 Å². The summed E-state index contributed by atoms with van der Waals surface area (Å²) in [6.45, 7) is 1.94. The number of halogens is 3. The van der Waals surface area contributed by atoms with Gasteiger partial charge in [0.05, 0.1) is 5.69 Å². The molecule has 19 heavy (non-hydrogen) atoms. The quantitative estimate of drug-likeness (QED) is 0.898. The van der Waals surface area contributed by atoms with Crippen molar-refractivity contribution in [3.05, 3.63) is 60.2 Å². The van der Waals surface area contributed by atoms with E-state index in [1.54, 1.807) is 18.2 Å². The molecule has 2 rings (SSSR count). The third-order valence-corrected chi connectivity index (χ3v) is 4.25. The first kappa shape index (κ1) is 14.6. The van der Waals surface area contributed by atoms with Gasteiger partial charge in [0.15, 0.2) is 0 Å². The van der Waals surface area contributed by atoms with Gasteiger partial charge in [-0.25, -0.2) is 4.98 Å². The molecular formula is C13H11BrCl2N2O. The first-order valence-corrected chi connectivity index (χ1v) is 7.28. The molecule has 0 saturated carbocycles. The highest BCUT2D eigenvalue weighted by Crippen LogP contribution is 2.26. The van der Waals surface area contributed by atoms with Gasteiger partial charge in [-0.3, -0.25) is 4.79 Å². The molecule has 0 fully saturated rings. The van der Waals surface area contributed by atoms with E-state index in [0.29, 0.717) is 33.2 Å². The third-order valence-electron chi connectivity index (χ3n) is 2.72. The Morgan fingerprint density at radius 2 is 1.95 bits per heavy atom. The van der Waals surface area contributed by atoms with Crippen LogP contribution in [0, 0.1) is 0 Å². The van der Waals surface area contributed by atoms with Gasteiger partial charge in [-0.2, -0.15) is 0 Å². The fourth-order valence-corrected chi connectivity index (χ4v) is 2.74. The minimum atomic E-state index is -0.190. The lowest BCUT2D eigenvalue weighted by atomic mass is 10.1. The Morgan fingerprint density at radius 1 is 1.32 bits per heavy atom. The second kappa shape index (κ2) is 6.07. The van der Waals surface area contributed by atoms with Gasteiger partial charge in [-0.05, 0) is 40.0 Å². The van der Waals surface area contributed by atoms with E-state index in [9.17, 15) is 4.79 Å². The Morgan fingerprint density at radius 3 is 2.53 bits per heavy atom. The summed E-state index contributed by atoms with van der Waals surface area (Å²) < 4.78 is 0.476. The van der Waals surface area contributed by atoms with Crippen molar-refractivity contribution in [1.29, 1.82) is 0 Å². The maximum Gasteiger partial charge on any atom is 0.265 e. The number of aryl methyl sites for hydroxylation is 1. The molecule has 0 aliphatic rings. The number of rotatable bonds is 3. The first-order chi connectivity index (χ1) is 9.02. The standard InChI is InChI=1S/C13H11BrCl2N2O/c1-2-10-12(14)13(19)18-11(17-10)6-7-8(15)4-3-5-9(7)16/h3-5H,2,6H2,1H3,(H,17,18,19). The maximum absolute atomic E-state index is 11.8. The van der Waals surface area contributed by atoms with Crippen molar-refractivity contribution in [1.82, 2.24) is 9.97 Å². The van der Waals surface area contributed by atoms with Gasteiger partial charge in [0.25, 0.3) is 5.56 Å². The van der Waals surface area contributed by atoms with Crippen molar-refractivity contribution < 1.29 is 0 Å². The van der Waals surface area contributed by atoms with Gasteiger partial charge >= 0.3 is 0 Å². The summed E-state index contributed by atoms with van der Waals surface area (Å²) in [4.78, 5) is 18.9. The fraction of sp³-hybridized carbons (Fsp3) is 0.231. The van der Waals surface area contributed by atoms with Crippen LogP contribution in [0.1, 0.15) is 24.0 Å². The molecule has 6 heteroatoms. The lowest BCUT2D eigenvalue weighted by Gasteiger charge is -2.08. The number of hydrogen-bond donors (Lipinski definition) is 1. The van der Waals surface area contributed by atoms with Crippen molar-refractivity contribution in [3.63, 3.8) is 0 Å². The minimum absolute atomic E-state index is 0.190. The van der Waals surface area contributed by atoms with Crippen molar-refractivity contribution in [3.8, 4) is 0 Å². The van der Waals surface area contributed by atoms with E-state index in [1.165, 1.54) is 0 Å². The number of benzene rings is 1. The summed E-state index contributed by atoms with van der Waals surface area (Å²) in [5.74, 6) is 0.556. The molecule has 100 valence electrons. The van der Waals surface area contributed by atoms with Gasteiger partial charge < -0.3 is 4.98 Å². The molecule has 0 aliphatic carbocycles. The molecule has 1 aromatic carbocycles. The average Bonchev–Trinajstić information content (AvgIpc) is 2.38. The van der Waals surface area contributed by atoms with Crippen LogP contribution in [0.25, 0.3) is 0 Å². The van der Waals surface area contributed by atoms with E-state index < -0.39 is 0 Å². The van der Waals surface area contributed by atoms with E-state index >= 15 is 0 Å². The largest absolute Gasteiger partial charge is 0.309 e. The zero-order valence-electron chi connectivity index (χ0n) is 10.1. The SMILES string of the molecule is CCc1nc(Cc2c(Cl)cccc2Cl)[nH]c(=O)c1Br. The maximum atomic E-state index is 11.8. The molecule has 0 saturated heterocycles. The van der Waals surface area contributed by atoms with Crippen LogP contribution in [-0.4, -0.2) is 9.97 Å². The topological polar surface area (TPSA) is 45.8 Å². The minimum Gasteiger partial charge on any atom is -0.309 e. The zero-order chi connectivity index (χ0) is 14.0. The second-order valence-corrected chi connectivity index (χ2v) is 5.61. The molecular weight excluding hydrogens is 351 g/mol. The number of H-pyrrole nitrogens is 1. The van der Waals surface area contributed by atoms with Crippen LogP contribution in [-0.2, 0) is 12.8 Å². The summed E-state index contributed by atoms with van der Waals surface area (Å²) in [5, 5.41) is 1.13. The molecule has 0 amide bonds. The summed E-state index contributed by atoms with van der Waals surface area (Å²) in [7, 11) is 0. The molecule has 0 atom stereocenters.